The second-order valence-electron chi connectivity index (χ2n) is 5.91. The molecule has 5 atom stereocenters. The average Bonchev–Trinajstić information content (AvgIpc) is 2.59. The summed E-state index contributed by atoms with van der Waals surface area (Å²) in [5, 5.41) is 41.2. The van der Waals surface area contributed by atoms with Crippen LogP contribution >= 0.6 is 0 Å². The lowest BCUT2D eigenvalue weighted by Crippen LogP contribution is -2.63. The van der Waals surface area contributed by atoms with Crippen LogP contribution < -0.4 is 5.32 Å². The third kappa shape index (κ3) is 5.40. The Balaban J connectivity index is 3.38. The van der Waals surface area contributed by atoms with Crippen LogP contribution in [0.2, 0.25) is 0 Å². The molecule has 5 N–H and O–H groups in total. The van der Waals surface area contributed by atoms with E-state index in [1.165, 1.54) is 13.0 Å². The summed E-state index contributed by atoms with van der Waals surface area (Å²) in [6, 6.07) is -1.56. The lowest BCUT2D eigenvalue weighted by molar-refractivity contribution is -0.147. The molecule has 1 aliphatic rings. The number of rotatable bonds is 10. The van der Waals surface area contributed by atoms with Crippen LogP contribution in [0.1, 0.15) is 6.92 Å². The van der Waals surface area contributed by atoms with Gasteiger partial charge in [0.2, 0.25) is 11.7 Å². The highest BCUT2D eigenvalue weighted by atomic mass is 16.5. The molecule has 0 fully saturated rings. The number of aliphatic carboxylic acids is 1. The topological polar surface area (TPSA) is 140 Å². The van der Waals surface area contributed by atoms with Gasteiger partial charge in [-0.25, -0.2) is 4.79 Å². The first-order valence-corrected chi connectivity index (χ1v) is 8.08. The van der Waals surface area contributed by atoms with Crippen LogP contribution in [0.3, 0.4) is 0 Å². The Labute approximate surface area is 151 Å². The van der Waals surface area contributed by atoms with Gasteiger partial charge in [0.1, 0.15) is 18.3 Å². The molecule has 0 bridgehead atoms. The van der Waals surface area contributed by atoms with Crippen molar-refractivity contribution in [3.63, 3.8) is 0 Å². The fraction of sp³-hybridized carbons (Fsp3) is 0.529. The molecule has 0 aromatic carbocycles. The van der Waals surface area contributed by atoms with Crippen molar-refractivity contribution in [3.8, 4) is 0 Å². The Morgan fingerprint density at radius 3 is 2.35 bits per heavy atom. The van der Waals surface area contributed by atoms with E-state index in [-0.39, 0.29) is 0 Å². The standard InChI is InChI=1S/C17H26N2O7/c1-4-6-19(7-5-2)11-8-13(17(24)25)26-16(14(11)18-10(3)21)15(23)12(22)9-20/h4-5,8,11-12,14-16,20,22-23H,1-2,6-7,9H2,3H3,(H,18,21)(H,24,25)/t11-,12+,14+,15+,16?/m0/s1. The van der Waals surface area contributed by atoms with Crippen LogP contribution in [0.4, 0.5) is 0 Å². The molecule has 9 nitrogen and oxygen atoms in total. The Bertz CT molecular complexity index is 553. The van der Waals surface area contributed by atoms with Crippen LogP contribution in [-0.2, 0) is 14.3 Å². The molecule has 0 aliphatic carbocycles. The van der Waals surface area contributed by atoms with Gasteiger partial charge in [-0.1, -0.05) is 12.2 Å². The number of ether oxygens (including phenoxy) is 1. The molecule has 0 saturated carbocycles. The monoisotopic (exact) mass is 370 g/mol. The number of nitrogens with zero attached hydrogens (tertiary/aromatic N) is 1. The van der Waals surface area contributed by atoms with Gasteiger partial charge in [0, 0.05) is 20.0 Å². The van der Waals surface area contributed by atoms with Gasteiger partial charge in [0.25, 0.3) is 0 Å². The third-order valence-electron chi connectivity index (χ3n) is 3.95. The number of carbonyl (C=O) groups is 2. The molecule has 26 heavy (non-hydrogen) atoms. The van der Waals surface area contributed by atoms with Crippen LogP contribution in [0, 0.1) is 0 Å². The molecule has 0 aromatic rings. The highest BCUT2D eigenvalue weighted by Crippen LogP contribution is 2.26. The first-order valence-electron chi connectivity index (χ1n) is 8.08. The Kier molecular flexibility index (Phi) is 8.46. The molecule has 9 heteroatoms. The summed E-state index contributed by atoms with van der Waals surface area (Å²) in [5.74, 6) is -2.21. The number of carbonyl (C=O) groups excluding carboxylic acids is 1. The second kappa shape index (κ2) is 10.1. The predicted molar refractivity (Wildman–Crippen MR) is 93.1 cm³/mol. The summed E-state index contributed by atoms with van der Waals surface area (Å²) >= 11 is 0. The van der Waals surface area contributed by atoms with Crippen molar-refractivity contribution >= 4 is 11.9 Å². The summed E-state index contributed by atoms with van der Waals surface area (Å²) in [4.78, 5) is 24.9. The molecule has 1 amide bonds. The van der Waals surface area contributed by atoms with Gasteiger partial charge >= 0.3 is 5.97 Å². The zero-order valence-electron chi connectivity index (χ0n) is 14.6. The van der Waals surface area contributed by atoms with Crippen molar-refractivity contribution in [1.29, 1.82) is 0 Å². The van der Waals surface area contributed by atoms with Gasteiger partial charge in [-0.3, -0.25) is 9.69 Å². The van der Waals surface area contributed by atoms with Crippen molar-refractivity contribution in [3.05, 3.63) is 37.1 Å². The zero-order valence-corrected chi connectivity index (χ0v) is 14.6. The molecular formula is C17H26N2O7. The largest absolute Gasteiger partial charge is 0.478 e. The first kappa shape index (κ1) is 21.8. The van der Waals surface area contributed by atoms with E-state index < -0.39 is 54.6 Å². The number of carboxylic acid groups (broad SMARTS) is 1. The predicted octanol–water partition coefficient (Wildman–Crippen LogP) is -1.38. The summed E-state index contributed by atoms with van der Waals surface area (Å²) < 4.78 is 5.33. The average molecular weight is 370 g/mol. The minimum absolute atomic E-state index is 0.349. The maximum atomic E-state index is 11.7. The first-order chi connectivity index (χ1) is 12.3. The third-order valence-corrected chi connectivity index (χ3v) is 3.95. The number of aliphatic hydroxyl groups is 3. The SMILES string of the molecule is C=CCN(CC=C)[C@H]1C=C(C(=O)O)OC([C@H](O)[C@H](O)CO)[C@@H]1NC(C)=O. The lowest BCUT2D eigenvalue weighted by Gasteiger charge is -2.43. The number of hydrogen-bond acceptors (Lipinski definition) is 7. The van der Waals surface area contributed by atoms with E-state index in [9.17, 15) is 24.9 Å². The fourth-order valence-corrected chi connectivity index (χ4v) is 2.83. The molecule has 1 rings (SSSR count). The van der Waals surface area contributed by atoms with E-state index >= 15 is 0 Å². The van der Waals surface area contributed by atoms with Gasteiger partial charge in [-0.05, 0) is 6.08 Å². The Morgan fingerprint density at radius 2 is 1.92 bits per heavy atom. The summed E-state index contributed by atoms with van der Waals surface area (Å²) in [6.07, 6.45) is 0.0381. The van der Waals surface area contributed by atoms with Gasteiger partial charge in [-0.15, -0.1) is 13.2 Å². The minimum atomic E-state index is -1.63. The highest BCUT2D eigenvalue weighted by molar-refractivity contribution is 5.84. The van der Waals surface area contributed by atoms with Gasteiger partial charge in [0.15, 0.2) is 0 Å². The van der Waals surface area contributed by atoms with Gasteiger partial charge < -0.3 is 30.5 Å². The van der Waals surface area contributed by atoms with Gasteiger partial charge in [0.05, 0.1) is 18.7 Å². The molecule has 1 heterocycles. The van der Waals surface area contributed by atoms with Gasteiger partial charge in [-0.2, -0.15) is 0 Å². The van der Waals surface area contributed by atoms with Crippen molar-refractivity contribution in [2.75, 3.05) is 19.7 Å². The zero-order chi connectivity index (χ0) is 19.9. The molecule has 0 saturated heterocycles. The van der Waals surface area contributed by atoms with E-state index in [0.29, 0.717) is 13.1 Å². The van der Waals surface area contributed by atoms with Crippen molar-refractivity contribution in [2.45, 2.75) is 37.3 Å². The maximum absolute atomic E-state index is 11.7. The van der Waals surface area contributed by atoms with E-state index in [1.807, 2.05) is 0 Å². The molecule has 146 valence electrons. The maximum Gasteiger partial charge on any atom is 0.370 e. The van der Waals surface area contributed by atoms with E-state index in [4.69, 9.17) is 9.84 Å². The van der Waals surface area contributed by atoms with E-state index in [2.05, 4.69) is 18.5 Å². The normalized spacial score (nSPS) is 24.8. The number of carboxylic acids is 1. The summed E-state index contributed by atoms with van der Waals surface area (Å²) in [5.41, 5.74) is 0. The number of hydrogen-bond donors (Lipinski definition) is 5. The Hall–Kier alpha value is -2.20. The van der Waals surface area contributed by atoms with E-state index in [1.54, 1.807) is 17.1 Å². The van der Waals surface area contributed by atoms with Crippen LogP contribution in [-0.4, -0.2) is 87.3 Å². The number of nitrogens with one attached hydrogen (secondary N) is 1. The van der Waals surface area contributed by atoms with Crippen molar-refractivity contribution in [2.24, 2.45) is 0 Å². The highest BCUT2D eigenvalue weighted by Gasteiger charge is 2.45. The fourth-order valence-electron chi connectivity index (χ4n) is 2.83. The summed E-state index contributed by atoms with van der Waals surface area (Å²) in [6.45, 7) is 8.53. The molecule has 0 radical (unpaired) electrons. The molecule has 1 aliphatic heterocycles. The Morgan fingerprint density at radius 1 is 1.35 bits per heavy atom. The van der Waals surface area contributed by atoms with Crippen LogP contribution in [0.15, 0.2) is 37.1 Å². The van der Waals surface area contributed by atoms with E-state index in [0.717, 1.165) is 0 Å². The number of amides is 1. The second-order valence-corrected chi connectivity index (χ2v) is 5.91. The molecule has 0 aromatic heterocycles. The molecule has 0 spiro atoms. The lowest BCUT2D eigenvalue weighted by atomic mass is 9.91. The van der Waals surface area contributed by atoms with Crippen LogP contribution in [0.25, 0.3) is 0 Å². The molecular weight excluding hydrogens is 344 g/mol. The van der Waals surface area contributed by atoms with Crippen LogP contribution in [0.5, 0.6) is 0 Å². The number of aliphatic hydroxyl groups excluding tert-OH is 3. The molecule has 1 unspecified atom stereocenters. The smallest absolute Gasteiger partial charge is 0.370 e. The quantitative estimate of drug-likeness (QED) is 0.296. The van der Waals surface area contributed by atoms with Crippen molar-refractivity contribution in [1.82, 2.24) is 10.2 Å². The minimum Gasteiger partial charge on any atom is -0.478 e. The summed E-state index contributed by atoms with van der Waals surface area (Å²) in [7, 11) is 0. The van der Waals surface area contributed by atoms with Crippen molar-refractivity contribution < 1.29 is 34.8 Å².